The number of rotatable bonds is 8. The highest BCUT2D eigenvalue weighted by Crippen LogP contribution is 2.27. The Morgan fingerprint density at radius 1 is 1.06 bits per heavy atom. The van der Waals surface area contributed by atoms with Crippen LogP contribution in [0.2, 0.25) is 5.02 Å². The molecule has 0 fully saturated rings. The van der Waals surface area contributed by atoms with Crippen molar-refractivity contribution >= 4 is 41.3 Å². The number of carbonyl (C=O) groups excluding carboxylic acids is 3. The zero-order valence-electron chi connectivity index (χ0n) is 17.4. The zero-order valence-corrected chi connectivity index (χ0v) is 18.2. The van der Waals surface area contributed by atoms with E-state index in [1.54, 1.807) is 48.5 Å². The molecule has 0 aliphatic heterocycles. The average molecular weight is 452 g/mol. The molecule has 0 saturated carbocycles. The Hall–Kier alpha value is -3.71. The molecule has 0 radical (unpaired) electrons. The second-order valence-electron chi connectivity index (χ2n) is 6.91. The van der Waals surface area contributed by atoms with Crippen molar-refractivity contribution in [2.24, 2.45) is 0 Å². The molecule has 32 heavy (non-hydrogen) atoms. The van der Waals surface area contributed by atoms with Crippen molar-refractivity contribution in [1.29, 1.82) is 0 Å². The summed E-state index contributed by atoms with van der Waals surface area (Å²) in [4.78, 5) is 39.7. The van der Waals surface area contributed by atoms with Crippen molar-refractivity contribution in [3.63, 3.8) is 0 Å². The van der Waals surface area contributed by atoms with Crippen LogP contribution in [0.5, 0.6) is 0 Å². The van der Waals surface area contributed by atoms with E-state index in [-0.39, 0.29) is 5.91 Å². The Balaban J connectivity index is 1.70. The number of aromatic nitrogens is 1. The number of amides is 2. The predicted octanol–water partition coefficient (Wildman–Crippen LogP) is 5.82. The quantitative estimate of drug-likeness (QED) is 0.332. The van der Waals surface area contributed by atoms with E-state index in [1.807, 2.05) is 6.92 Å². The van der Waals surface area contributed by atoms with Crippen LogP contribution in [0.4, 0.5) is 16.2 Å². The van der Waals surface area contributed by atoms with Gasteiger partial charge in [0.1, 0.15) is 0 Å². The van der Waals surface area contributed by atoms with Gasteiger partial charge in [-0.15, -0.1) is 0 Å². The highest BCUT2D eigenvalue weighted by molar-refractivity contribution is 6.33. The fourth-order valence-corrected chi connectivity index (χ4v) is 3.14. The summed E-state index contributed by atoms with van der Waals surface area (Å²) in [5.41, 5.74) is 2.90. The van der Waals surface area contributed by atoms with E-state index in [4.69, 9.17) is 16.3 Å². The first-order valence-electron chi connectivity index (χ1n) is 10.1. The molecule has 3 aromatic rings. The number of para-hydroxylation sites is 2. The van der Waals surface area contributed by atoms with Gasteiger partial charge >= 0.3 is 6.09 Å². The van der Waals surface area contributed by atoms with Crippen LogP contribution >= 0.6 is 11.6 Å². The molecule has 0 spiro atoms. The van der Waals surface area contributed by atoms with Gasteiger partial charge in [0, 0.05) is 22.9 Å². The van der Waals surface area contributed by atoms with Crippen LogP contribution < -0.4 is 10.6 Å². The van der Waals surface area contributed by atoms with E-state index in [2.05, 4.69) is 15.6 Å². The minimum Gasteiger partial charge on any atom is -0.449 e. The largest absolute Gasteiger partial charge is 0.449 e. The number of anilines is 2. The average Bonchev–Trinajstić information content (AvgIpc) is 2.80. The van der Waals surface area contributed by atoms with Crippen molar-refractivity contribution in [1.82, 2.24) is 4.98 Å². The smallest absolute Gasteiger partial charge is 0.411 e. The van der Waals surface area contributed by atoms with Crippen molar-refractivity contribution in [2.45, 2.75) is 19.8 Å². The van der Waals surface area contributed by atoms with Crippen LogP contribution in [0.15, 0.2) is 60.8 Å². The lowest BCUT2D eigenvalue weighted by Gasteiger charge is -2.13. The van der Waals surface area contributed by atoms with E-state index in [9.17, 15) is 14.4 Å². The summed E-state index contributed by atoms with van der Waals surface area (Å²) >= 11 is 6.21. The number of hydrogen-bond donors (Lipinski definition) is 2. The third kappa shape index (κ3) is 5.92. The number of aldehydes is 1. The molecule has 0 aliphatic rings. The molecule has 2 aromatic carbocycles. The van der Waals surface area contributed by atoms with Crippen molar-refractivity contribution in [3.8, 4) is 11.3 Å². The van der Waals surface area contributed by atoms with Crippen LogP contribution in [-0.4, -0.2) is 29.9 Å². The number of unbranched alkanes of at least 4 members (excludes halogenated alkanes) is 1. The summed E-state index contributed by atoms with van der Waals surface area (Å²) in [5.74, 6) is -0.347. The lowest BCUT2D eigenvalue weighted by Crippen LogP contribution is -2.17. The first-order valence-corrected chi connectivity index (χ1v) is 10.4. The lowest BCUT2D eigenvalue weighted by atomic mass is 10.1. The first-order chi connectivity index (χ1) is 15.5. The number of hydrogen-bond acceptors (Lipinski definition) is 5. The van der Waals surface area contributed by atoms with Gasteiger partial charge in [-0.1, -0.05) is 49.2 Å². The summed E-state index contributed by atoms with van der Waals surface area (Å²) in [6.07, 6.45) is 3.24. The van der Waals surface area contributed by atoms with Crippen LogP contribution in [0.25, 0.3) is 11.3 Å². The molecule has 0 bridgehead atoms. The monoisotopic (exact) mass is 451 g/mol. The number of carbonyl (C=O) groups is 3. The molecule has 1 heterocycles. The number of benzene rings is 2. The molecular formula is C24H22ClN3O4. The number of nitrogens with zero attached hydrogens (tertiary/aromatic N) is 1. The van der Waals surface area contributed by atoms with E-state index < -0.39 is 6.09 Å². The fourth-order valence-electron chi connectivity index (χ4n) is 2.86. The Morgan fingerprint density at radius 2 is 1.75 bits per heavy atom. The summed E-state index contributed by atoms with van der Waals surface area (Å²) < 4.78 is 5.11. The SMILES string of the molecule is CCCCOC(=O)Nc1ccccc1NC(=O)c1ccc(-c2ncc(C=O)cc2Cl)cc1. The number of nitrogens with one attached hydrogen (secondary N) is 2. The molecular weight excluding hydrogens is 430 g/mol. The van der Waals surface area contributed by atoms with Crippen LogP contribution in [0, 0.1) is 0 Å². The summed E-state index contributed by atoms with van der Waals surface area (Å²) in [6, 6.07) is 15.1. The zero-order chi connectivity index (χ0) is 22.9. The number of halogens is 1. The Morgan fingerprint density at radius 3 is 2.38 bits per heavy atom. The van der Waals surface area contributed by atoms with Gasteiger partial charge in [-0.3, -0.25) is 19.9 Å². The normalized spacial score (nSPS) is 10.3. The van der Waals surface area contributed by atoms with Gasteiger partial charge in [-0.2, -0.15) is 0 Å². The van der Waals surface area contributed by atoms with Gasteiger partial charge in [0.25, 0.3) is 5.91 Å². The summed E-state index contributed by atoms with van der Waals surface area (Å²) in [6.45, 7) is 2.34. The van der Waals surface area contributed by atoms with Gasteiger partial charge in [-0.25, -0.2) is 4.79 Å². The molecule has 0 aliphatic carbocycles. The molecule has 0 atom stereocenters. The van der Waals surface area contributed by atoms with Gasteiger partial charge in [0.2, 0.25) is 0 Å². The van der Waals surface area contributed by atoms with E-state index in [0.29, 0.717) is 51.7 Å². The molecule has 2 N–H and O–H groups in total. The van der Waals surface area contributed by atoms with Crippen LogP contribution in [0.1, 0.15) is 40.5 Å². The summed E-state index contributed by atoms with van der Waals surface area (Å²) in [7, 11) is 0. The van der Waals surface area contributed by atoms with Crippen molar-refractivity contribution in [3.05, 3.63) is 76.9 Å². The van der Waals surface area contributed by atoms with Gasteiger partial charge < -0.3 is 10.1 Å². The topological polar surface area (TPSA) is 97.4 Å². The predicted molar refractivity (Wildman–Crippen MR) is 124 cm³/mol. The standard InChI is InChI=1S/C24H22ClN3O4/c1-2-3-12-32-24(31)28-21-7-5-4-6-20(21)27-23(30)18-10-8-17(9-11-18)22-19(25)13-16(15-29)14-26-22/h4-11,13-15H,2-3,12H2,1H3,(H,27,30)(H,28,31). The molecule has 7 nitrogen and oxygen atoms in total. The molecule has 2 amide bonds. The molecule has 0 saturated heterocycles. The van der Waals surface area contributed by atoms with E-state index >= 15 is 0 Å². The van der Waals surface area contributed by atoms with Gasteiger partial charge in [0.05, 0.1) is 28.7 Å². The van der Waals surface area contributed by atoms with Gasteiger partial charge in [-0.05, 0) is 36.8 Å². The Bertz CT molecular complexity index is 1120. The highest BCUT2D eigenvalue weighted by atomic mass is 35.5. The Kier molecular flexibility index (Phi) is 7.94. The van der Waals surface area contributed by atoms with E-state index in [0.717, 1.165) is 12.8 Å². The molecule has 8 heteroatoms. The van der Waals surface area contributed by atoms with E-state index in [1.165, 1.54) is 12.3 Å². The van der Waals surface area contributed by atoms with Crippen molar-refractivity contribution < 1.29 is 19.1 Å². The maximum Gasteiger partial charge on any atom is 0.411 e. The van der Waals surface area contributed by atoms with Crippen LogP contribution in [-0.2, 0) is 4.74 Å². The second-order valence-corrected chi connectivity index (χ2v) is 7.32. The van der Waals surface area contributed by atoms with Gasteiger partial charge in [0.15, 0.2) is 6.29 Å². The second kappa shape index (κ2) is 11.1. The maximum absolute atomic E-state index is 12.7. The Labute approximate surface area is 190 Å². The fraction of sp³-hybridized carbons (Fsp3) is 0.167. The molecule has 0 unspecified atom stereocenters. The highest BCUT2D eigenvalue weighted by Gasteiger charge is 2.13. The number of ether oxygens (including phenoxy) is 1. The lowest BCUT2D eigenvalue weighted by molar-refractivity contribution is 0.102. The molecule has 3 rings (SSSR count). The molecule has 1 aromatic heterocycles. The van der Waals surface area contributed by atoms with Crippen molar-refractivity contribution in [2.75, 3.05) is 17.2 Å². The summed E-state index contributed by atoms with van der Waals surface area (Å²) in [5, 5.41) is 5.79. The van der Waals surface area contributed by atoms with Crippen LogP contribution in [0.3, 0.4) is 0 Å². The minimum absolute atomic E-state index is 0.333. The third-order valence-electron chi connectivity index (χ3n) is 4.56. The number of pyridine rings is 1. The third-order valence-corrected chi connectivity index (χ3v) is 4.85. The maximum atomic E-state index is 12.7. The first kappa shape index (κ1) is 23.0. The molecule has 164 valence electrons. The minimum atomic E-state index is -0.575.